The number of hydrogen-bond donors (Lipinski definition) is 1. The highest BCUT2D eigenvalue weighted by Gasteiger charge is 2.19. The molecule has 1 amide bonds. The summed E-state index contributed by atoms with van der Waals surface area (Å²) < 4.78 is 16.2. The van der Waals surface area contributed by atoms with Crippen LogP contribution < -0.4 is 10.1 Å². The second-order valence-electron chi connectivity index (χ2n) is 8.13. The van der Waals surface area contributed by atoms with Crippen LogP contribution in [0.3, 0.4) is 0 Å². The predicted molar refractivity (Wildman–Crippen MR) is 106 cm³/mol. The van der Waals surface area contributed by atoms with Gasteiger partial charge in [-0.3, -0.25) is 5.32 Å². The quantitative estimate of drug-likeness (QED) is 0.729. The zero-order valence-electron chi connectivity index (χ0n) is 17.0. The molecular weight excluding hydrogens is 360 g/mol. The van der Waals surface area contributed by atoms with E-state index in [1.165, 1.54) is 6.20 Å². The Morgan fingerprint density at radius 1 is 0.821 bits per heavy atom. The van der Waals surface area contributed by atoms with Gasteiger partial charge in [-0.25, -0.2) is 14.6 Å². The summed E-state index contributed by atoms with van der Waals surface area (Å²) in [6.07, 6.45) is 0.926. The molecule has 0 bridgehead atoms. The number of nitrogens with one attached hydrogen (secondary N) is 1. The molecule has 0 fully saturated rings. The number of esters is 1. The lowest BCUT2D eigenvalue weighted by Crippen LogP contribution is -2.27. The van der Waals surface area contributed by atoms with Crippen molar-refractivity contribution in [3.05, 3.63) is 48.3 Å². The van der Waals surface area contributed by atoms with Gasteiger partial charge in [0.05, 0.1) is 6.20 Å². The first-order valence-electron chi connectivity index (χ1n) is 8.89. The minimum atomic E-state index is -0.580. The third kappa shape index (κ3) is 7.26. The Bertz CT molecular complexity index is 816. The van der Waals surface area contributed by atoms with Crippen molar-refractivity contribution in [3.63, 3.8) is 0 Å². The summed E-state index contributed by atoms with van der Waals surface area (Å²) in [6, 6.07) is 9.98. The standard InChI is InChI=1S/C21H26N2O5/c1-20(2,3)27-18(24)17-12-11-16(13-22-17)26-15-9-7-14(8-10-15)23-19(25)28-21(4,5)6/h7-13H,1-6H3,(H,23,25). The monoisotopic (exact) mass is 386 g/mol. The fourth-order valence-electron chi connectivity index (χ4n) is 2.06. The van der Waals surface area contributed by atoms with Crippen LogP contribution in [0.25, 0.3) is 0 Å². The SMILES string of the molecule is CC(C)(C)OC(=O)Nc1ccc(Oc2ccc(C(=O)OC(C)(C)C)nc2)cc1. The van der Waals surface area contributed by atoms with E-state index in [1.54, 1.807) is 77.9 Å². The fraction of sp³-hybridized carbons (Fsp3) is 0.381. The number of anilines is 1. The molecule has 2 rings (SSSR count). The van der Waals surface area contributed by atoms with Gasteiger partial charge in [0.2, 0.25) is 0 Å². The number of hydrogen-bond acceptors (Lipinski definition) is 6. The smallest absolute Gasteiger partial charge is 0.412 e. The summed E-state index contributed by atoms with van der Waals surface area (Å²) in [5, 5.41) is 2.65. The van der Waals surface area contributed by atoms with Gasteiger partial charge in [0.25, 0.3) is 0 Å². The van der Waals surface area contributed by atoms with Crippen molar-refractivity contribution in [1.82, 2.24) is 4.98 Å². The number of carbonyl (C=O) groups excluding carboxylic acids is 2. The van der Waals surface area contributed by atoms with E-state index in [1.807, 2.05) is 0 Å². The first-order chi connectivity index (χ1) is 12.9. The van der Waals surface area contributed by atoms with Crippen LogP contribution in [0.2, 0.25) is 0 Å². The third-order valence-corrected chi connectivity index (χ3v) is 3.08. The van der Waals surface area contributed by atoms with Crippen LogP contribution in [0.4, 0.5) is 10.5 Å². The van der Waals surface area contributed by atoms with E-state index in [4.69, 9.17) is 14.2 Å². The van der Waals surface area contributed by atoms with Gasteiger partial charge in [-0.1, -0.05) is 0 Å². The molecule has 0 atom stereocenters. The molecule has 0 spiro atoms. The highest BCUT2D eigenvalue weighted by molar-refractivity contribution is 5.87. The molecule has 28 heavy (non-hydrogen) atoms. The van der Waals surface area contributed by atoms with E-state index < -0.39 is 23.3 Å². The van der Waals surface area contributed by atoms with Gasteiger partial charge in [-0.05, 0) is 77.9 Å². The molecule has 0 saturated heterocycles. The molecule has 0 aliphatic heterocycles. The van der Waals surface area contributed by atoms with E-state index >= 15 is 0 Å². The van der Waals surface area contributed by atoms with Crippen molar-refractivity contribution in [2.45, 2.75) is 52.7 Å². The average Bonchev–Trinajstić information content (AvgIpc) is 2.54. The first-order valence-corrected chi connectivity index (χ1v) is 8.89. The summed E-state index contributed by atoms with van der Waals surface area (Å²) in [7, 11) is 0. The van der Waals surface area contributed by atoms with Crippen molar-refractivity contribution < 1.29 is 23.8 Å². The average molecular weight is 386 g/mol. The van der Waals surface area contributed by atoms with Crippen LogP contribution in [0.15, 0.2) is 42.6 Å². The van der Waals surface area contributed by atoms with Gasteiger partial charge in [-0.15, -0.1) is 0 Å². The maximum absolute atomic E-state index is 12.0. The maximum atomic E-state index is 12.0. The number of amides is 1. The Labute approximate surface area is 165 Å². The van der Waals surface area contributed by atoms with Gasteiger partial charge in [0.15, 0.2) is 0 Å². The van der Waals surface area contributed by atoms with Crippen molar-refractivity contribution in [1.29, 1.82) is 0 Å². The topological polar surface area (TPSA) is 86.8 Å². The van der Waals surface area contributed by atoms with E-state index in [-0.39, 0.29) is 5.69 Å². The Kier molecular flexibility index (Phi) is 6.28. The van der Waals surface area contributed by atoms with Crippen LogP contribution in [-0.4, -0.2) is 28.2 Å². The summed E-state index contributed by atoms with van der Waals surface area (Å²) in [5.74, 6) is 0.540. The molecule has 7 nitrogen and oxygen atoms in total. The van der Waals surface area contributed by atoms with E-state index in [2.05, 4.69) is 10.3 Å². The molecule has 1 N–H and O–H groups in total. The molecule has 2 aromatic rings. The molecule has 0 saturated carbocycles. The van der Waals surface area contributed by atoms with Crippen LogP contribution in [0, 0.1) is 0 Å². The lowest BCUT2D eigenvalue weighted by atomic mass is 10.2. The molecule has 150 valence electrons. The fourth-order valence-corrected chi connectivity index (χ4v) is 2.06. The van der Waals surface area contributed by atoms with E-state index in [9.17, 15) is 9.59 Å². The number of rotatable bonds is 4. The Hall–Kier alpha value is -3.09. The molecule has 0 aliphatic carbocycles. The summed E-state index contributed by atoms with van der Waals surface area (Å²) in [5.41, 5.74) is -0.353. The maximum Gasteiger partial charge on any atom is 0.412 e. The van der Waals surface area contributed by atoms with Crippen LogP contribution in [0.1, 0.15) is 52.0 Å². The highest BCUT2D eigenvalue weighted by atomic mass is 16.6. The Balaban J connectivity index is 1.95. The number of ether oxygens (including phenoxy) is 3. The van der Waals surface area contributed by atoms with Crippen LogP contribution >= 0.6 is 0 Å². The Morgan fingerprint density at radius 2 is 1.39 bits per heavy atom. The molecule has 1 heterocycles. The molecule has 1 aromatic carbocycles. The lowest BCUT2D eigenvalue weighted by molar-refractivity contribution is 0.00626. The second kappa shape index (κ2) is 8.29. The van der Waals surface area contributed by atoms with Crippen LogP contribution in [-0.2, 0) is 9.47 Å². The van der Waals surface area contributed by atoms with Gasteiger partial charge in [0, 0.05) is 5.69 Å². The lowest BCUT2D eigenvalue weighted by Gasteiger charge is -2.19. The summed E-state index contributed by atoms with van der Waals surface area (Å²) in [4.78, 5) is 27.8. The van der Waals surface area contributed by atoms with E-state index in [0.29, 0.717) is 17.2 Å². The van der Waals surface area contributed by atoms with Crippen molar-refractivity contribution in [2.75, 3.05) is 5.32 Å². The summed E-state index contributed by atoms with van der Waals surface area (Å²) >= 11 is 0. The van der Waals surface area contributed by atoms with Crippen LogP contribution in [0.5, 0.6) is 11.5 Å². The number of carbonyl (C=O) groups is 2. The van der Waals surface area contributed by atoms with Crippen molar-refractivity contribution >= 4 is 17.7 Å². The third-order valence-electron chi connectivity index (χ3n) is 3.08. The van der Waals surface area contributed by atoms with E-state index in [0.717, 1.165) is 0 Å². The minimum absolute atomic E-state index is 0.208. The van der Waals surface area contributed by atoms with Gasteiger partial charge in [0.1, 0.15) is 28.4 Å². The molecule has 7 heteroatoms. The second-order valence-corrected chi connectivity index (χ2v) is 8.13. The molecule has 0 unspecified atom stereocenters. The highest BCUT2D eigenvalue weighted by Crippen LogP contribution is 2.23. The van der Waals surface area contributed by atoms with Gasteiger partial charge < -0.3 is 14.2 Å². The number of aromatic nitrogens is 1. The van der Waals surface area contributed by atoms with Crippen molar-refractivity contribution in [3.8, 4) is 11.5 Å². The molecule has 0 radical (unpaired) electrons. The predicted octanol–water partition coefficient (Wildman–Crippen LogP) is 5.18. The van der Waals surface area contributed by atoms with Gasteiger partial charge >= 0.3 is 12.1 Å². The zero-order valence-corrected chi connectivity index (χ0v) is 17.0. The number of pyridine rings is 1. The zero-order chi connectivity index (χ0) is 20.9. The first kappa shape index (κ1) is 21.2. The molecular formula is C21H26N2O5. The number of benzene rings is 1. The molecule has 0 aliphatic rings. The largest absolute Gasteiger partial charge is 0.456 e. The normalized spacial score (nSPS) is 11.5. The van der Waals surface area contributed by atoms with Gasteiger partial charge in [-0.2, -0.15) is 0 Å². The number of nitrogens with zero attached hydrogens (tertiary/aromatic N) is 1. The molecule has 1 aromatic heterocycles. The minimum Gasteiger partial charge on any atom is -0.456 e. The summed E-state index contributed by atoms with van der Waals surface area (Å²) in [6.45, 7) is 10.8. The Morgan fingerprint density at radius 3 is 1.89 bits per heavy atom. The van der Waals surface area contributed by atoms with Crippen molar-refractivity contribution in [2.24, 2.45) is 0 Å².